The number of fused-ring (bicyclic) bond motifs is 1. The van der Waals surface area contributed by atoms with Gasteiger partial charge in [-0.1, -0.05) is 0 Å². The minimum absolute atomic E-state index is 0.00165. The Kier molecular flexibility index (Phi) is 5.86. The molecule has 3 heterocycles. The number of rotatable bonds is 5. The molecule has 170 valence electrons. The summed E-state index contributed by atoms with van der Waals surface area (Å²) in [6.45, 7) is 2.54. The standard InChI is InChI=1S/C20H27F2N5O3S/c1-20(28)7-3-4-14(20)17-16-12(10-15(25-17)18(21)22)11-23-19(26-16)24-13-5-8-27(9-6-13)31(2,29)30/h10-11,13-14,18,28H,3-9H2,1-2H3,(H,23,24,26). The van der Waals surface area contributed by atoms with Crippen molar-refractivity contribution in [3.8, 4) is 0 Å². The van der Waals surface area contributed by atoms with Crippen LogP contribution in [0.4, 0.5) is 14.7 Å². The summed E-state index contributed by atoms with van der Waals surface area (Å²) in [5, 5.41) is 14.5. The van der Waals surface area contributed by atoms with E-state index in [4.69, 9.17) is 0 Å². The van der Waals surface area contributed by atoms with Gasteiger partial charge >= 0.3 is 0 Å². The Morgan fingerprint density at radius 2 is 1.97 bits per heavy atom. The first-order chi connectivity index (χ1) is 14.5. The largest absolute Gasteiger partial charge is 0.389 e. The van der Waals surface area contributed by atoms with Crippen LogP contribution in [0.3, 0.4) is 0 Å². The van der Waals surface area contributed by atoms with Crippen molar-refractivity contribution < 1.29 is 22.3 Å². The summed E-state index contributed by atoms with van der Waals surface area (Å²) in [4.78, 5) is 13.1. The molecule has 2 aromatic rings. The molecule has 1 saturated heterocycles. The van der Waals surface area contributed by atoms with Crippen molar-refractivity contribution in [3.63, 3.8) is 0 Å². The van der Waals surface area contributed by atoms with Gasteiger partial charge in [-0.3, -0.25) is 0 Å². The van der Waals surface area contributed by atoms with Crippen molar-refractivity contribution in [2.75, 3.05) is 24.7 Å². The Morgan fingerprint density at radius 3 is 2.55 bits per heavy atom. The monoisotopic (exact) mass is 455 g/mol. The second-order valence-corrected chi connectivity index (χ2v) is 10.7. The van der Waals surface area contributed by atoms with Crippen LogP contribution in [-0.4, -0.2) is 63.8 Å². The number of piperidine rings is 1. The summed E-state index contributed by atoms with van der Waals surface area (Å²) in [6, 6.07) is 1.29. The molecule has 2 aliphatic rings. The number of anilines is 1. The van der Waals surface area contributed by atoms with Crippen LogP contribution in [0.15, 0.2) is 12.3 Å². The van der Waals surface area contributed by atoms with Gasteiger partial charge < -0.3 is 10.4 Å². The molecule has 0 bridgehead atoms. The number of aromatic nitrogens is 3. The minimum atomic E-state index is -3.21. The van der Waals surface area contributed by atoms with Crippen LogP contribution in [0.5, 0.6) is 0 Å². The summed E-state index contributed by atoms with van der Waals surface area (Å²) in [5.41, 5.74) is -0.532. The molecule has 11 heteroatoms. The lowest BCUT2D eigenvalue weighted by molar-refractivity contribution is 0.0484. The molecule has 2 fully saturated rings. The summed E-state index contributed by atoms with van der Waals surface area (Å²) < 4.78 is 51.7. The van der Waals surface area contributed by atoms with E-state index in [-0.39, 0.29) is 17.7 Å². The van der Waals surface area contributed by atoms with Crippen molar-refractivity contribution in [2.24, 2.45) is 0 Å². The van der Waals surface area contributed by atoms with Crippen LogP contribution in [0.1, 0.15) is 62.8 Å². The van der Waals surface area contributed by atoms with Gasteiger partial charge in [-0.25, -0.2) is 36.5 Å². The van der Waals surface area contributed by atoms with Gasteiger partial charge in [-0.2, -0.15) is 0 Å². The topological polar surface area (TPSA) is 108 Å². The predicted molar refractivity (Wildman–Crippen MR) is 113 cm³/mol. The number of halogens is 2. The third-order valence-corrected chi connectivity index (χ3v) is 7.65. The summed E-state index contributed by atoms with van der Waals surface area (Å²) in [7, 11) is -3.21. The number of hydrogen-bond donors (Lipinski definition) is 2. The molecule has 2 unspecified atom stereocenters. The average Bonchev–Trinajstić information content (AvgIpc) is 3.05. The zero-order valence-corrected chi connectivity index (χ0v) is 18.4. The molecule has 0 spiro atoms. The molecule has 1 aliphatic carbocycles. The smallest absolute Gasteiger partial charge is 0.280 e. The molecule has 1 aliphatic heterocycles. The van der Waals surface area contributed by atoms with E-state index in [1.54, 1.807) is 6.92 Å². The van der Waals surface area contributed by atoms with E-state index in [1.807, 2.05) is 0 Å². The second kappa shape index (κ2) is 8.18. The van der Waals surface area contributed by atoms with E-state index in [1.165, 1.54) is 22.8 Å². The third kappa shape index (κ3) is 4.63. The maximum atomic E-state index is 13.4. The molecule has 8 nitrogen and oxygen atoms in total. The van der Waals surface area contributed by atoms with Gasteiger partial charge in [0.15, 0.2) is 0 Å². The molecule has 31 heavy (non-hydrogen) atoms. The summed E-state index contributed by atoms with van der Waals surface area (Å²) >= 11 is 0. The summed E-state index contributed by atoms with van der Waals surface area (Å²) in [6.07, 6.45) is 3.21. The van der Waals surface area contributed by atoms with Gasteiger partial charge in [0.05, 0.1) is 23.1 Å². The van der Waals surface area contributed by atoms with Gasteiger partial charge in [-0.05, 0) is 45.1 Å². The molecular formula is C20H27F2N5O3S. The number of sulfonamides is 1. The molecule has 0 radical (unpaired) electrons. The van der Waals surface area contributed by atoms with Crippen LogP contribution in [0, 0.1) is 0 Å². The fourth-order valence-corrected chi connectivity index (χ4v) is 5.48. The molecule has 1 saturated carbocycles. The number of pyridine rings is 1. The predicted octanol–water partition coefficient (Wildman–Crippen LogP) is 2.82. The Labute approximate surface area is 180 Å². The fraction of sp³-hybridized carbons (Fsp3) is 0.650. The first kappa shape index (κ1) is 22.2. The minimum Gasteiger partial charge on any atom is -0.389 e. The van der Waals surface area contributed by atoms with Crippen LogP contribution < -0.4 is 5.32 Å². The summed E-state index contributed by atoms with van der Waals surface area (Å²) in [5.74, 6) is -0.0368. The van der Waals surface area contributed by atoms with Crippen LogP contribution in [0.25, 0.3) is 10.9 Å². The zero-order chi connectivity index (χ0) is 22.4. The fourth-order valence-electron chi connectivity index (χ4n) is 4.60. The van der Waals surface area contributed by atoms with Crippen molar-refractivity contribution in [3.05, 3.63) is 23.7 Å². The van der Waals surface area contributed by atoms with E-state index >= 15 is 0 Å². The highest BCUT2D eigenvalue weighted by molar-refractivity contribution is 7.88. The van der Waals surface area contributed by atoms with Gasteiger partial charge in [0.25, 0.3) is 6.43 Å². The van der Waals surface area contributed by atoms with E-state index in [0.29, 0.717) is 61.3 Å². The van der Waals surface area contributed by atoms with E-state index in [9.17, 15) is 22.3 Å². The van der Waals surface area contributed by atoms with Gasteiger partial charge in [0.1, 0.15) is 5.69 Å². The van der Waals surface area contributed by atoms with Gasteiger partial charge in [-0.15, -0.1) is 0 Å². The van der Waals surface area contributed by atoms with Gasteiger partial charge in [0, 0.05) is 36.6 Å². The second-order valence-electron chi connectivity index (χ2n) is 8.75. The molecule has 0 amide bonds. The first-order valence-corrected chi connectivity index (χ1v) is 12.3. The number of hydrogen-bond acceptors (Lipinski definition) is 7. The molecular weight excluding hydrogens is 428 g/mol. The van der Waals surface area contributed by atoms with Crippen LogP contribution in [0.2, 0.25) is 0 Å². The number of aliphatic hydroxyl groups is 1. The quantitative estimate of drug-likeness (QED) is 0.714. The maximum Gasteiger partial charge on any atom is 0.280 e. The SMILES string of the molecule is CC1(O)CCCC1c1nc(C(F)F)cc2cnc(NC3CCN(S(C)(=O)=O)CC3)nc12. The molecule has 2 atom stereocenters. The molecule has 2 aromatic heterocycles. The Bertz CT molecular complexity index is 1070. The Balaban J connectivity index is 1.64. The van der Waals surface area contributed by atoms with Crippen molar-refractivity contribution in [1.29, 1.82) is 0 Å². The van der Waals surface area contributed by atoms with E-state index in [0.717, 1.165) is 6.42 Å². The normalized spacial score (nSPS) is 26.1. The Morgan fingerprint density at radius 1 is 1.26 bits per heavy atom. The zero-order valence-electron chi connectivity index (χ0n) is 17.6. The Hall–Kier alpha value is -1.98. The average molecular weight is 456 g/mol. The highest BCUT2D eigenvalue weighted by Crippen LogP contribution is 2.44. The highest BCUT2D eigenvalue weighted by atomic mass is 32.2. The van der Waals surface area contributed by atoms with Crippen LogP contribution >= 0.6 is 0 Å². The van der Waals surface area contributed by atoms with Crippen molar-refractivity contribution in [2.45, 2.75) is 63.0 Å². The number of alkyl halides is 2. The van der Waals surface area contributed by atoms with Crippen molar-refractivity contribution in [1.82, 2.24) is 19.3 Å². The van der Waals surface area contributed by atoms with E-state index < -0.39 is 22.0 Å². The van der Waals surface area contributed by atoms with E-state index in [2.05, 4.69) is 20.3 Å². The lowest BCUT2D eigenvalue weighted by atomic mass is 9.88. The van der Waals surface area contributed by atoms with Crippen LogP contribution in [-0.2, 0) is 10.0 Å². The lowest BCUT2D eigenvalue weighted by Gasteiger charge is -2.30. The van der Waals surface area contributed by atoms with Crippen molar-refractivity contribution >= 4 is 26.9 Å². The lowest BCUT2D eigenvalue weighted by Crippen LogP contribution is -2.42. The highest BCUT2D eigenvalue weighted by Gasteiger charge is 2.40. The van der Waals surface area contributed by atoms with Gasteiger partial charge in [0.2, 0.25) is 16.0 Å². The first-order valence-electron chi connectivity index (χ1n) is 10.4. The molecule has 2 N–H and O–H groups in total. The maximum absolute atomic E-state index is 13.4. The molecule has 4 rings (SSSR count). The number of nitrogens with one attached hydrogen (secondary N) is 1. The third-order valence-electron chi connectivity index (χ3n) is 6.35. The molecule has 0 aromatic carbocycles. The number of nitrogens with zero attached hydrogens (tertiary/aromatic N) is 4.